The summed E-state index contributed by atoms with van der Waals surface area (Å²) in [6.45, 7) is 0.186. The summed E-state index contributed by atoms with van der Waals surface area (Å²) in [5.74, 6) is -1.40. The minimum Gasteiger partial charge on any atom is -0.366 e. The van der Waals surface area contributed by atoms with Crippen LogP contribution < -0.4 is 5.73 Å². The second-order valence-electron chi connectivity index (χ2n) is 6.40. The maximum atomic E-state index is 12.5. The lowest BCUT2D eigenvalue weighted by molar-refractivity contribution is -0.385. The van der Waals surface area contributed by atoms with Crippen LogP contribution in [0.5, 0.6) is 0 Å². The van der Waals surface area contributed by atoms with Gasteiger partial charge < -0.3 is 5.73 Å². The van der Waals surface area contributed by atoms with Gasteiger partial charge in [0.05, 0.1) is 26.8 Å². The van der Waals surface area contributed by atoms with Gasteiger partial charge in [0.15, 0.2) is 0 Å². The molecule has 0 spiro atoms. The van der Waals surface area contributed by atoms with Crippen LogP contribution in [-0.2, 0) is 10.8 Å². The van der Waals surface area contributed by atoms with Crippen LogP contribution in [0.3, 0.4) is 0 Å². The highest BCUT2D eigenvalue weighted by molar-refractivity contribution is 7.85. The van der Waals surface area contributed by atoms with E-state index in [1.165, 1.54) is 6.07 Å². The number of nitro benzene ring substituents is 1. The summed E-state index contributed by atoms with van der Waals surface area (Å²) >= 11 is 0. The van der Waals surface area contributed by atoms with E-state index in [1.807, 2.05) is 0 Å². The van der Waals surface area contributed by atoms with Crippen molar-refractivity contribution in [2.75, 3.05) is 12.3 Å². The molecule has 3 amide bonds. The molecule has 1 heterocycles. The Morgan fingerprint density at radius 3 is 2.24 bits per heavy atom. The molecule has 150 valence electrons. The summed E-state index contributed by atoms with van der Waals surface area (Å²) < 4.78 is 12.5. The van der Waals surface area contributed by atoms with Crippen molar-refractivity contribution >= 4 is 34.2 Å². The van der Waals surface area contributed by atoms with Crippen LogP contribution in [0.15, 0.2) is 47.4 Å². The zero-order chi connectivity index (χ0) is 21.1. The van der Waals surface area contributed by atoms with E-state index < -0.39 is 21.6 Å². The Morgan fingerprint density at radius 2 is 1.69 bits per heavy atom. The van der Waals surface area contributed by atoms with E-state index in [2.05, 4.69) is 0 Å². The first-order valence-corrected chi connectivity index (χ1v) is 10.0. The Kier molecular flexibility index (Phi) is 5.83. The van der Waals surface area contributed by atoms with E-state index in [-0.39, 0.29) is 40.3 Å². The van der Waals surface area contributed by atoms with Crippen LogP contribution in [0, 0.1) is 10.1 Å². The van der Waals surface area contributed by atoms with Gasteiger partial charge in [0.25, 0.3) is 17.5 Å². The largest absolute Gasteiger partial charge is 0.366 e. The van der Waals surface area contributed by atoms with Crippen molar-refractivity contribution in [3.8, 4) is 0 Å². The molecule has 0 bridgehead atoms. The number of carbonyl (C=O) groups excluding carboxylic acids is 3. The van der Waals surface area contributed by atoms with Crippen molar-refractivity contribution in [3.63, 3.8) is 0 Å². The second-order valence-corrected chi connectivity index (χ2v) is 7.97. The van der Waals surface area contributed by atoms with E-state index in [0.717, 1.165) is 17.0 Å². The third-order valence-electron chi connectivity index (χ3n) is 4.49. The van der Waals surface area contributed by atoms with Crippen molar-refractivity contribution in [3.05, 3.63) is 69.3 Å². The Labute approximate surface area is 168 Å². The number of imide groups is 1. The minimum atomic E-state index is -1.60. The normalized spacial score (nSPS) is 14.0. The SMILES string of the molecule is NC(=O)c1cc([N+](=O)[O-])cc(S(=O)CCCCN2C(=O)c3ccccc3C2=O)c1. The average molecular weight is 415 g/mol. The molecular formula is C19H17N3O6S. The first-order valence-electron chi connectivity index (χ1n) is 8.72. The lowest BCUT2D eigenvalue weighted by atomic mass is 10.1. The lowest BCUT2D eigenvalue weighted by Gasteiger charge is -2.13. The van der Waals surface area contributed by atoms with Gasteiger partial charge in [0.1, 0.15) is 0 Å². The van der Waals surface area contributed by atoms with E-state index in [0.29, 0.717) is 24.0 Å². The predicted octanol–water partition coefficient (Wildman–Crippen LogP) is 1.88. The molecular weight excluding hydrogens is 398 g/mol. The van der Waals surface area contributed by atoms with E-state index in [1.54, 1.807) is 24.3 Å². The number of carbonyl (C=O) groups is 3. The van der Waals surface area contributed by atoms with Gasteiger partial charge in [-0.3, -0.25) is 33.6 Å². The maximum absolute atomic E-state index is 12.5. The number of hydrogen-bond donors (Lipinski definition) is 1. The van der Waals surface area contributed by atoms with Crippen molar-refractivity contribution in [1.29, 1.82) is 0 Å². The summed E-state index contributed by atoms with van der Waals surface area (Å²) in [6, 6.07) is 10.0. The first-order chi connectivity index (χ1) is 13.8. The summed E-state index contributed by atoms with van der Waals surface area (Å²) in [7, 11) is -1.60. The van der Waals surface area contributed by atoms with Gasteiger partial charge in [-0.2, -0.15) is 0 Å². The molecule has 1 atom stereocenters. The van der Waals surface area contributed by atoms with Crippen LogP contribution in [0.25, 0.3) is 0 Å². The minimum absolute atomic E-state index is 0.0893. The molecule has 0 saturated carbocycles. The molecule has 0 aromatic heterocycles. The third kappa shape index (κ3) is 4.21. The zero-order valence-corrected chi connectivity index (χ0v) is 16.0. The van der Waals surface area contributed by atoms with Crippen LogP contribution >= 0.6 is 0 Å². The smallest absolute Gasteiger partial charge is 0.271 e. The molecule has 1 aliphatic rings. The molecule has 10 heteroatoms. The van der Waals surface area contributed by atoms with Crippen LogP contribution in [0.2, 0.25) is 0 Å². The standard InChI is InChI=1S/C19H17N3O6S/c20-17(23)12-9-13(22(26)27)11-14(10-12)29(28)8-4-3-7-21-18(24)15-5-1-2-6-16(15)19(21)25/h1-2,5-6,9-11H,3-4,7-8H2,(H2,20,23). The number of nitrogens with zero attached hydrogens (tertiary/aromatic N) is 2. The van der Waals surface area contributed by atoms with Gasteiger partial charge in [0, 0.05) is 34.9 Å². The first kappa shape index (κ1) is 20.3. The highest BCUT2D eigenvalue weighted by atomic mass is 32.2. The predicted molar refractivity (Wildman–Crippen MR) is 104 cm³/mol. The van der Waals surface area contributed by atoms with Crippen LogP contribution in [-0.4, -0.2) is 44.1 Å². The van der Waals surface area contributed by atoms with Crippen LogP contribution in [0.4, 0.5) is 5.69 Å². The fraction of sp³-hybridized carbons (Fsp3) is 0.211. The van der Waals surface area contributed by atoms with Gasteiger partial charge in [0.2, 0.25) is 5.91 Å². The van der Waals surface area contributed by atoms with Crippen LogP contribution in [0.1, 0.15) is 43.9 Å². The fourth-order valence-electron chi connectivity index (χ4n) is 3.03. The number of unbranched alkanes of at least 4 members (excludes halogenated alkanes) is 1. The van der Waals surface area contributed by atoms with Crippen molar-refractivity contribution in [2.24, 2.45) is 5.73 Å². The lowest BCUT2D eigenvalue weighted by Crippen LogP contribution is -2.30. The number of nitrogens with two attached hydrogens (primary N) is 1. The molecule has 1 aliphatic heterocycles. The molecule has 9 nitrogen and oxygen atoms in total. The van der Waals surface area contributed by atoms with E-state index in [4.69, 9.17) is 5.73 Å². The van der Waals surface area contributed by atoms with Gasteiger partial charge >= 0.3 is 0 Å². The molecule has 0 aliphatic carbocycles. The number of fused-ring (bicyclic) bond motifs is 1. The monoisotopic (exact) mass is 415 g/mol. The zero-order valence-electron chi connectivity index (χ0n) is 15.2. The molecule has 1 unspecified atom stereocenters. The quantitative estimate of drug-likeness (QED) is 0.302. The van der Waals surface area contributed by atoms with Crippen molar-refractivity contribution in [1.82, 2.24) is 4.90 Å². The number of benzene rings is 2. The molecule has 2 N–H and O–H groups in total. The Balaban J connectivity index is 1.60. The molecule has 0 radical (unpaired) electrons. The topological polar surface area (TPSA) is 141 Å². The highest BCUT2D eigenvalue weighted by Gasteiger charge is 2.34. The Morgan fingerprint density at radius 1 is 1.07 bits per heavy atom. The van der Waals surface area contributed by atoms with Gasteiger partial charge in [-0.1, -0.05) is 12.1 Å². The number of primary amides is 1. The Bertz CT molecular complexity index is 985. The van der Waals surface area contributed by atoms with E-state index in [9.17, 15) is 28.7 Å². The summed E-state index contributed by atoms with van der Waals surface area (Å²) in [5, 5.41) is 11.0. The highest BCUT2D eigenvalue weighted by Crippen LogP contribution is 2.23. The van der Waals surface area contributed by atoms with Crippen molar-refractivity contribution < 1.29 is 23.5 Å². The number of nitro groups is 1. The van der Waals surface area contributed by atoms with Gasteiger partial charge in [-0.15, -0.1) is 0 Å². The molecule has 2 aromatic rings. The molecule has 3 rings (SSSR count). The summed E-state index contributed by atoms with van der Waals surface area (Å²) in [6.07, 6.45) is 0.837. The summed E-state index contributed by atoms with van der Waals surface area (Å²) in [5.41, 5.74) is 5.47. The third-order valence-corrected chi connectivity index (χ3v) is 5.91. The number of non-ortho nitro benzene ring substituents is 1. The average Bonchev–Trinajstić information content (AvgIpc) is 2.95. The fourth-order valence-corrected chi connectivity index (χ4v) is 4.24. The van der Waals surface area contributed by atoms with E-state index >= 15 is 0 Å². The maximum Gasteiger partial charge on any atom is 0.271 e. The van der Waals surface area contributed by atoms with Crippen molar-refractivity contribution in [2.45, 2.75) is 17.7 Å². The summed E-state index contributed by atoms with van der Waals surface area (Å²) in [4.78, 5) is 47.5. The molecule has 2 aromatic carbocycles. The Hall–Kier alpha value is -3.40. The van der Waals surface area contributed by atoms with Gasteiger partial charge in [-0.05, 0) is 31.0 Å². The molecule has 0 saturated heterocycles. The number of rotatable bonds is 8. The molecule has 29 heavy (non-hydrogen) atoms. The second kappa shape index (κ2) is 8.31. The molecule has 0 fully saturated rings. The number of hydrogen-bond acceptors (Lipinski definition) is 6. The van der Waals surface area contributed by atoms with Gasteiger partial charge in [-0.25, -0.2) is 0 Å². The number of amides is 3.